The van der Waals surface area contributed by atoms with Crippen LogP contribution in [-0.2, 0) is 16.8 Å². The molecule has 1 amide bonds. The van der Waals surface area contributed by atoms with Crippen LogP contribution in [0.1, 0.15) is 53.5 Å². The van der Waals surface area contributed by atoms with Crippen LogP contribution in [0.5, 0.6) is 0 Å². The summed E-state index contributed by atoms with van der Waals surface area (Å²) >= 11 is 0. The Morgan fingerprint density at radius 2 is 1.79 bits per heavy atom. The van der Waals surface area contributed by atoms with Crippen LogP contribution in [0.4, 0.5) is 0 Å². The smallest absolute Gasteiger partial charge is 0.225 e. The van der Waals surface area contributed by atoms with E-state index in [0.717, 1.165) is 22.1 Å². The number of amides is 1. The Balaban J connectivity index is 1.41. The number of hydrogen-bond acceptors (Lipinski definition) is 4. The highest BCUT2D eigenvalue weighted by atomic mass is 16.5. The molecule has 0 aliphatic rings. The van der Waals surface area contributed by atoms with Gasteiger partial charge < -0.3 is 20.0 Å². The third kappa shape index (κ3) is 5.17. The summed E-state index contributed by atoms with van der Waals surface area (Å²) in [6.07, 6.45) is 2.71. The zero-order valence-electron chi connectivity index (χ0n) is 22.6. The van der Waals surface area contributed by atoms with Crippen LogP contribution < -0.4 is 10.0 Å². The van der Waals surface area contributed by atoms with Crippen molar-refractivity contribution in [2.75, 3.05) is 0 Å². The third-order valence-electron chi connectivity index (χ3n) is 6.77. The van der Waals surface area contributed by atoms with Gasteiger partial charge in [-0.2, -0.15) is 4.73 Å². The third-order valence-corrected chi connectivity index (χ3v) is 6.77. The summed E-state index contributed by atoms with van der Waals surface area (Å²) in [4.78, 5) is 13.3. The van der Waals surface area contributed by atoms with Crippen molar-refractivity contribution in [1.82, 2.24) is 5.32 Å². The molecule has 192 valence electrons. The summed E-state index contributed by atoms with van der Waals surface area (Å²) in [5.74, 6) is 0.0333. The number of hydrogen-bond donors (Lipinski definition) is 2. The number of nitrogens with zero attached hydrogens (tertiary/aromatic N) is 1. The van der Waals surface area contributed by atoms with Crippen molar-refractivity contribution < 1.29 is 20.4 Å². The Hall–Kier alpha value is -4.42. The van der Waals surface area contributed by atoms with E-state index in [1.54, 1.807) is 37.3 Å². The van der Waals surface area contributed by atoms with Gasteiger partial charge in [-0.1, -0.05) is 60.2 Å². The highest BCUT2D eigenvalue weighted by Crippen LogP contribution is 2.33. The fraction of sp³-hybridized carbons (Fsp3) is 0.188. The molecule has 2 atom stereocenters. The van der Waals surface area contributed by atoms with Crippen LogP contribution in [0.25, 0.3) is 11.0 Å². The van der Waals surface area contributed by atoms with E-state index >= 15 is 0 Å². The van der Waals surface area contributed by atoms with E-state index in [4.69, 9.17) is 4.42 Å². The largest absolute Gasteiger partial charge is 0.619 e. The van der Waals surface area contributed by atoms with Crippen molar-refractivity contribution >= 4 is 16.9 Å². The number of carbonyl (C=O) groups excluding carboxylic acids is 1. The van der Waals surface area contributed by atoms with E-state index in [9.17, 15) is 16.5 Å². The zero-order valence-corrected chi connectivity index (χ0v) is 21.6. The van der Waals surface area contributed by atoms with Crippen molar-refractivity contribution in [1.29, 1.82) is 0 Å². The second-order valence-electron chi connectivity index (χ2n) is 9.79. The van der Waals surface area contributed by atoms with Crippen LogP contribution in [-0.4, -0.2) is 11.0 Å². The van der Waals surface area contributed by atoms with E-state index in [1.807, 2.05) is 68.4 Å². The van der Waals surface area contributed by atoms with Gasteiger partial charge >= 0.3 is 0 Å². The number of aromatic nitrogens is 1. The number of pyridine rings is 1. The summed E-state index contributed by atoms with van der Waals surface area (Å²) in [5, 5.41) is 26.3. The number of rotatable bonds is 7. The van der Waals surface area contributed by atoms with Crippen LogP contribution in [0.2, 0.25) is 0 Å². The standard InChI is InChI=1S/C32H30N2O4/c1-21-9-11-27(22(2)17-21)31(24-7-5-4-6-8-24)33-30(35)19-23-10-12-28-25(18-23)20-29(38-28)32(3,36)26-13-15-34(37)16-14-26/h4-18,20,31,36H,19H2,1-3H3,(H,33,35)/i31D. The average Bonchev–Trinajstić information content (AvgIpc) is 3.34. The molecule has 3 aromatic carbocycles. The van der Waals surface area contributed by atoms with Gasteiger partial charge in [0.2, 0.25) is 5.91 Å². The molecule has 2 N–H and O–H groups in total. The normalized spacial score (nSPS) is 14.9. The van der Waals surface area contributed by atoms with Gasteiger partial charge in [-0.15, -0.1) is 0 Å². The molecule has 2 aromatic heterocycles. The average molecular weight is 508 g/mol. The predicted molar refractivity (Wildman–Crippen MR) is 146 cm³/mol. The number of aryl methyl sites for hydroxylation is 2. The highest BCUT2D eigenvalue weighted by Gasteiger charge is 2.30. The molecule has 5 rings (SSSR count). The molecule has 6 heteroatoms. The second-order valence-corrected chi connectivity index (χ2v) is 9.79. The Morgan fingerprint density at radius 3 is 2.50 bits per heavy atom. The number of fused-ring (bicyclic) bond motifs is 1. The van der Waals surface area contributed by atoms with Crippen LogP contribution in [0.3, 0.4) is 0 Å². The maximum Gasteiger partial charge on any atom is 0.225 e. The van der Waals surface area contributed by atoms with Crippen molar-refractivity contribution in [2.45, 2.75) is 38.8 Å². The Bertz CT molecular complexity index is 1640. The number of nitrogens with one attached hydrogen (secondary N) is 1. The zero-order chi connectivity index (χ0) is 27.8. The Morgan fingerprint density at radius 1 is 1.05 bits per heavy atom. The number of benzene rings is 3. The van der Waals surface area contributed by atoms with Gasteiger partial charge in [0, 0.05) is 23.1 Å². The van der Waals surface area contributed by atoms with Crippen molar-refractivity contribution in [3.05, 3.63) is 142 Å². The molecule has 0 spiro atoms. The maximum absolute atomic E-state index is 13.3. The van der Waals surface area contributed by atoms with Gasteiger partial charge in [0.1, 0.15) is 16.9 Å². The summed E-state index contributed by atoms with van der Waals surface area (Å²) in [6, 6.07) is 24.0. The lowest BCUT2D eigenvalue weighted by atomic mass is 9.93. The van der Waals surface area contributed by atoms with Crippen molar-refractivity contribution in [2.24, 2.45) is 0 Å². The second kappa shape index (κ2) is 10.1. The summed E-state index contributed by atoms with van der Waals surface area (Å²) in [6.45, 7) is 5.56. The minimum Gasteiger partial charge on any atom is -0.619 e. The van der Waals surface area contributed by atoms with Crippen LogP contribution >= 0.6 is 0 Å². The fourth-order valence-corrected chi connectivity index (χ4v) is 4.69. The van der Waals surface area contributed by atoms with Gasteiger partial charge in [0.05, 0.1) is 13.8 Å². The topological polar surface area (TPSA) is 89.4 Å². The molecule has 38 heavy (non-hydrogen) atoms. The lowest BCUT2D eigenvalue weighted by molar-refractivity contribution is -0.605. The van der Waals surface area contributed by atoms with Crippen molar-refractivity contribution in [3.8, 4) is 0 Å². The maximum atomic E-state index is 13.3. The van der Waals surface area contributed by atoms with Crippen LogP contribution in [0, 0.1) is 19.1 Å². The molecule has 0 aliphatic carbocycles. The molecule has 5 aromatic rings. The fourth-order valence-electron chi connectivity index (χ4n) is 4.69. The van der Waals surface area contributed by atoms with E-state index in [0.29, 0.717) is 32.8 Å². The molecule has 0 saturated heterocycles. The number of carbonyl (C=O) groups is 1. The van der Waals surface area contributed by atoms with E-state index in [-0.39, 0.29) is 12.3 Å². The van der Waals surface area contributed by atoms with Crippen LogP contribution in [0.15, 0.2) is 102 Å². The first-order chi connectivity index (χ1) is 18.6. The number of furan rings is 1. The molecule has 6 nitrogen and oxygen atoms in total. The van der Waals surface area contributed by atoms with Gasteiger partial charge in [-0.25, -0.2) is 0 Å². The molecule has 0 radical (unpaired) electrons. The molecule has 2 heterocycles. The molecular formula is C32H30N2O4. The van der Waals surface area contributed by atoms with Crippen molar-refractivity contribution in [3.63, 3.8) is 0 Å². The van der Waals surface area contributed by atoms with E-state index in [1.165, 1.54) is 12.4 Å². The first-order valence-corrected chi connectivity index (χ1v) is 12.5. The SMILES string of the molecule is [2H]C(NC(=O)Cc1ccc2oc(C(C)(O)c3cc[n+]([O-])cc3)cc2c1)(c1ccccc1)c1ccc(C)cc1C. The molecule has 0 saturated carbocycles. The molecule has 0 aliphatic heterocycles. The number of aliphatic hydroxyl groups is 1. The first-order valence-electron chi connectivity index (χ1n) is 13.0. The lowest BCUT2D eigenvalue weighted by Crippen LogP contribution is -2.31. The first kappa shape index (κ1) is 23.9. The minimum absolute atomic E-state index is 0.0629. The molecule has 2 unspecified atom stereocenters. The van der Waals surface area contributed by atoms with E-state index in [2.05, 4.69) is 5.32 Å². The quantitative estimate of drug-likeness (QED) is 0.228. The van der Waals surface area contributed by atoms with Gasteiger partial charge in [-0.3, -0.25) is 4.79 Å². The van der Waals surface area contributed by atoms with E-state index < -0.39 is 11.6 Å². The molecule has 0 fully saturated rings. The molecular weight excluding hydrogens is 476 g/mol. The predicted octanol–water partition coefficient (Wildman–Crippen LogP) is 5.39. The summed E-state index contributed by atoms with van der Waals surface area (Å²) in [5.41, 5.74) is 3.79. The molecule has 0 bridgehead atoms. The van der Waals surface area contributed by atoms with Gasteiger partial charge in [-0.05, 0) is 61.2 Å². The Kier molecular flexibility index (Phi) is 6.40. The minimum atomic E-state index is -1.46. The lowest BCUT2D eigenvalue weighted by Gasteiger charge is -2.22. The van der Waals surface area contributed by atoms with Gasteiger partial charge in [0.25, 0.3) is 0 Å². The monoisotopic (exact) mass is 507 g/mol. The summed E-state index contributed by atoms with van der Waals surface area (Å²) < 4.78 is 16.0. The summed E-state index contributed by atoms with van der Waals surface area (Å²) in [7, 11) is 0. The highest BCUT2D eigenvalue weighted by molar-refractivity contribution is 5.83. The Labute approximate surface area is 223 Å². The van der Waals surface area contributed by atoms with Gasteiger partial charge in [0.15, 0.2) is 12.4 Å².